The number of halogens is 1. The Morgan fingerprint density at radius 3 is 2.69 bits per heavy atom. The summed E-state index contributed by atoms with van der Waals surface area (Å²) >= 11 is 7.15. The fourth-order valence-electron chi connectivity index (χ4n) is 1.12. The number of rotatable bonds is 2. The third-order valence-corrected chi connectivity index (χ3v) is 3.01. The van der Waals surface area contributed by atoms with Crippen molar-refractivity contribution in [3.8, 4) is 6.07 Å². The Labute approximate surface area is 102 Å². The Hall–Kier alpha value is -1.57. The highest BCUT2D eigenvalue weighted by Gasteiger charge is 2.06. The maximum absolute atomic E-state index is 8.96. The van der Waals surface area contributed by atoms with Gasteiger partial charge in [-0.15, -0.1) is 0 Å². The zero-order chi connectivity index (χ0) is 11.4. The first-order valence-electron chi connectivity index (χ1n) is 4.44. The molecule has 0 aliphatic heterocycles. The van der Waals surface area contributed by atoms with E-state index in [4.69, 9.17) is 16.9 Å². The average molecular weight is 248 g/mol. The van der Waals surface area contributed by atoms with Gasteiger partial charge < -0.3 is 0 Å². The second kappa shape index (κ2) is 4.97. The molecular formula is C11H6ClN3S. The van der Waals surface area contributed by atoms with Crippen LogP contribution in [0.15, 0.2) is 46.7 Å². The lowest BCUT2D eigenvalue weighted by molar-refractivity contribution is 0.966. The van der Waals surface area contributed by atoms with E-state index < -0.39 is 0 Å². The summed E-state index contributed by atoms with van der Waals surface area (Å²) in [6.07, 6.45) is 3.33. The van der Waals surface area contributed by atoms with Crippen molar-refractivity contribution in [2.45, 2.75) is 10.1 Å². The van der Waals surface area contributed by atoms with Crippen molar-refractivity contribution >= 4 is 23.4 Å². The van der Waals surface area contributed by atoms with E-state index in [0.29, 0.717) is 15.7 Å². The Kier molecular flexibility index (Phi) is 3.40. The van der Waals surface area contributed by atoms with E-state index >= 15 is 0 Å². The lowest BCUT2D eigenvalue weighted by atomic mass is 10.2. The van der Waals surface area contributed by atoms with Crippen LogP contribution in [-0.2, 0) is 0 Å². The molecule has 0 radical (unpaired) electrons. The van der Waals surface area contributed by atoms with E-state index in [0.717, 1.165) is 4.90 Å². The van der Waals surface area contributed by atoms with E-state index in [1.807, 2.05) is 0 Å². The number of nitriles is 1. The summed E-state index contributed by atoms with van der Waals surface area (Å²) in [5.41, 5.74) is 0.532. The summed E-state index contributed by atoms with van der Waals surface area (Å²) in [5, 5.41) is 10.1. The van der Waals surface area contributed by atoms with Crippen molar-refractivity contribution < 1.29 is 0 Å². The van der Waals surface area contributed by atoms with Crippen LogP contribution < -0.4 is 0 Å². The van der Waals surface area contributed by atoms with Gasteiger partial charge >= 0.3 is 0 Å². The molecule has 16 heavy (non-hydrogen) atoms. The van der Waals surface area contributed by atoms with Gasteiger partial charge in [-0.1, -0.05) is 11.6 Å². The van der Waals surface area contributed by atoms with Crippen LogP contribution in [0.3, 0.4) is 0 Å². The molecule has 0 atom stereocenters. The number of aromatic nitrogens is 2. The Balaban J connectivity index is 2.32. The third-order valence-electron chi connectivity index (χ3n) is 1.81. The first-order valence-corrected chi connectivity index (χ1v) is 5.63. The summed E-state index contributed by atoms with van der Waals surface area (Å²) in [6, 6.07) is 9.01. The van der Waals surface area contributed by atoms with Crippen LogP contribution in [-0.4, -0.2) is 9.97 Å². The van der Waals surface area contributed by atoms with Crippen LogP contribution in [0.5, 0.6) is 0 Å². The molecule has 5 heteroatoms. The molecule has 1 aromatic carbocycles. The van der Waals surface area contributed by atoms with Gasteiger partial charge in [0.25, 0.3) is 0 Å². The van der Waals surface area contributed by atoms with Crippen molar-refractivity contribution in [2.24, 2.45) is 0 Å². The summed E-state index contributed by atoms with van der Waals surface area (Å²) in [4.78, 5) is 8.97. The minimum atomic E-state index is 0.532. The summed E-state index contributed by atoms with van der Waals surface area (Å²) < 4.78 is 0. The first-order chi connectivity index (χ1) is 7.79. The normalized spacial score (nSPS) is 9.75. The summed E-state index contributed by atoms with van der Waals surface area (Å²) in [6.45, 7) is 0. The van der Waals surface area contributed by atoms with E-state index in [2.05, 4.69) is 16.0 Å². The molecule has 0 saturated heterocycles. The van der Waals surface area contributed by atoms with Gasteiger partial charge in [-0.3, -0.25) is 0 Å². The molecule has 0 fully saturated rings. The Morgan fingerprint density at radius 2 is 2.00 bits per heavy atom. The molecule has 0 spiro atoms. The van der Waals surface area contributed by atoms with Gasteiger partial charge in [0.15, 0.2) is 5.16 Å². The minimum absolute atomic E-state index is 0.532. The lowest BCUT2D eigenvalue weighted by Crippen LogP contribution is -1.86. The average Bonchev–Trinajstić information content (AvgIpc) is 2.33. The molecule has 0 aliphatic carbocycles. The molecule has 0 amide bonds. The Bertz CT molecular complexity index is 537. The summed E-state index contributed by atoms with van der Waals surface area (Å²) in [7, 11) is 0. The van der Waals surface area contributed by atoms with Crippen LogP contribution >= 0.6 is 23.4 Å². The molecule has 2 rings (SSSR count). The highest BCUT2D eigenvalue weighted by Crippen LogP contribution is 2.28. The van der Waals surface area contributed by atoms with E-state index in [9.17, 15) is 0 Å². The SMILES string of the molecule is N#Cc1cc(Cl)ccc1Sc1ncccn1. The van der Waals surface area contributed by atoms with Crippen LogP contribution in [0.25, 0.3) is 0 Å². The molecule has 0 saturated carbocycles. The molecule has 1 heterocycles. The molecule has 2 aromatic rings. The number of hydrogen-bond donors (Lipinski definition) is 0. The van der Waals surface area contributed by atoms with Gasteiger partial charge in [0.1, 0.15) is 6.07 Å². The van der Waals surface area contributed by atoms with Gasteiger partial charge in [-0.25, -0.2) is 9.97 Å². The van der Waals surface area contributed by atoms with Crippen molar-refractivity contribution in [3.05, 3.63) is 47.2 Å². The van der Waals surface area contributed by atoms with E-state index in [-0.39, 0.29) is 0 Å². The third kappa shape index (κ3) is 2.51. The predicted octanol–water partition coefficient (Wildman–Crippen LogP) is 3.15. The fraction of sp³-hybridized carbons (Fsp3) is 0. The molecule has 0 bridgehead atoms. The number of hydrogen-bond acceptors (Lipinski definition) is 4. The van der Waals surface area contributed by atoms with Crippen molar-refractivity contribution in [1.82, 2.24) is 9.97 Å². The maximum atomic E-state index is 8.96. The van der Waals surface area contributed by atoms with E-state index in [1.165, 1.54) is 11.8 Å². The predicted molar refractivity (Wildman–Crippen MR) is 62.3 cm³/mol. The van der Waals surface area contributed by atoms with Crippen LogP contribution in [0.1, 0.15) is 5.56 Å². The number of nitrogens with zero attached hydrogens (tertiary/aromatic N) is 3. The van der Waals surface area contributed by atoms with Crippen LogP contribution in [0.4, 0.5) is 0 Å². The minimum Gasteiger partial charge on any atom is -0.231 e. The highest BCUT2D eigenvalue weighted by atomic mass is 35.5. The molecule has 0 N–H and O–H groups in total. The smallest absolute Gasteiger partial charge is 0.192 e. The summed E-state index contributed by atoms with van der Waals surface area (Å²) in [5.74, 6) is 0. The van der Waals surface area contributed by atoms with Gasteiger partial charge in [-0.2, -0.15) is 5.26 Å². The highest BCUT2D eigenvalue weighted by molar-refractivity contribution is 7.99. The topological polar surface area (TPSA) is 49.6 Å². The monoisotopic (exact) mass is 247 g/mol. The fourth-order valence-corrected chi connectivity index (χ4v) is 2.06. The molecule has 78 valence electrons. The largest absolute Gasteiger partial charge is 0.231 e. The van der Waals surface area contributed by atoms with Crippen molar-refractivity contribution in [1.29, 1.82) is 5.26 Å². The Morgan fingerprint density at radius 1 is 1.25 bits per heavy atom. The second-order valence-corrected chi connectivity index (χ2v) is 4.33. The molecule has 1 aromatic heterocycles. The van der Waals surface area contributed by atoms with E-state index in [1.54, 1.807) is 36.7 Å². The van der Waals surface area contributed by atoms with Crippen LogP contribution in [0, 0.1) is 11.3 Å². The zero-order valence-electron chi connectivity index (χ0n) is 8.09. The molecule has 0 unspecified atom stereocenters. The van der Waals surface area contributed by atoms with Gasteiger partial charge in [0, 0.05) is 22.3 Å². The lowest BCUT2D eigenvalue weighted by Gasteiger charge is -2.02. The number of benzene rings is 1. The van der Waals surface area contributed by atoms with Crippen LogP contribution in [0.2, 0.25) is 5.02 Å². The standard InChI is InChI=1S/C11H6ClN3S/c12-9-2-3-10(8(6-9)7-13)16-11-14-4-1-5-15-11/h1-6H. The van der Waals surface area contributed by atoms with Gasteiger partial charge in [0.05, 0.1) is 5.56 Å². The van der Waals surface area contributed by atoms with Crippen molar-refractivity contribution in [3.63, 3.8) is 0 Å². The second-order valence-electron chi connectivity index (χ2n) is 2.89. The zero-order valence-corrected chi connectivity index (χ0v) is 9.66. The van der Waals surface area contributed by atoms with Gasteiger partial charge in [-0.05, 0) is 36.0 Å². The molecular weight excluding hydrogens is 242 g/mol. The first kappa shape index (κ1) is 10.9. The van der Waals surface area contributed by atoms with Crippen molar-refractivity contribution in [2.75, 3.05) is 0 Å². The maximum Gasteiger partial charge on any atom is 0.192 e. The quantitative estimate of drug-likeness (QED) is 0.765. The molecule has 3 nitrogen and oxygen atoms in total. The van der Waals surface area contributed by atoms with Gasteiger partial charge in [0.2, 0.25) is 0 Å². The molecule has 0 aliphatic rings.